The van der Waals surface area contributed by atoms with Crippen LogP contribution >= 0.6 is 0 Å². The number of aromatic nitrogens is 3. The topological polar surface area (TPSA) is 74.2 Å². The summed E-state index contributed by atoms with van der Waals surface area (Å²) in [5, 5.41) is 23.6. The van der Waals surface area contributed by atoms with Crippen molar-refractivity contribution in [3.8, 4) is 0 Å². The van der Waals surface area contributed by atoms with E-state index in [0.29, 0.717) is 30.0 Å². The number of pyridine rings is 1. The molecule has 4 aromatic rings. The number of hydrogen-bond acceptors (Lipinski definition) is 4. The number of para-hydroxylation sites is 1. The van der Waals surface area contributed by atoms with Gasteiger partial charge in [-0.2, -0.15) is 4.73 Å². The van der Waals surface area contributed by atoms with Crippen LogP contribution in [0.15, 0.2) is 60.8 Å². The molecular formula is C22H23N3O3. The highest BCUT2D eigenvalue weighted by molar-refractivity contribution is 6.00. The molecule has 1 N–H and O–H groups in total. The number of ether oxygens (including phenoxy) is 1. The van der Waals surface area contributed by atoms with Crippen molar-refractivity contribution in [3.05, 3.63) is 77.4 Å². The van der Waals surface area contributed by atoms with E-state index < -0.39 is 5.60 Å². The van der Waals surface area contributed by atoms with Crippen molar-refractivity contribution >= 4 is 21.9 Å². The maximum Gasteiger partial charge on any atom is 0.226 e. The Morgan fingerprint density at radius 2 is 1.79 bits per heavy atom. The van der Waals surface area contributed by atoms with E-state index in [2.05, 4.69) is 4.98 Å². The van der Waals surface area contributed by atoms with Crippen LogP contribution in [0.2, 0.25) is 0 Å². The monoisotopic (exact) mass is 377 g/mol. The molecule has 0 bridgehead atoms. The molecule has 0 fully saturated rings. The third-order valence-electron chi connectivity index (χ3n) is 4.60. The van der Waals surface area contributed by atoms with E-state index in [0.717, 1.165) is 21.2 Å². The average molecular weight is 377 g/mol. The van der Waals surface area contributed by atoms with E-state index in [1.165, 1.54) is 6.20 Å². The maximum absolute atomic E-state index is 12.4. The number of rotatable bonds is 6. The number of hydrogen-bond donors (Lipinski definition) is 1. The maximum atomic E-state index is 12.4. The Balaban J connectivity index is 1.76. The molecule has 0 spiro atoms. The van der Waals surface area contributed by atoms with Crippen LogP contribution in [0, 0.1) is 5.21 Å². The SMILES string of the molecule is CC(C)(O)Cn1c(COCc2ccccc2)nc2c[n+]([O-])c3ccccc3c21. The Hall–Kier alpha value is -2.96. The lowest BCUT2D eigenvalue weighted by Gasteiger charge is -2.20. The first-order valence-corrected chi connectivity index (χ1v) is 9.26. The second kappa shape index (κ2) is 7.22. The van der Waals surface area contributed by atoms with Gasteiger partial charge in [0, 0.05) is 6.07 Å². The van der Waals surface area contributed by atoms with Gasteiger partial charge in [-0.3, -0.25) is 0 Å². The molecule has 28 heavy (non-hydrogen) atoms. The van der Waals surface area contributed by atoms with E-state index in [9.17, 15) is 10.3 Å². The Bertz CT molecular complexity index is 1110. The average Bonchev–Trinajstić information content (AvgIpc) is 2.98. The zero-order valence-corrected chi connectivity index (χ0v) is 16.0. The van der Waals surface area contributed by atoms with Gasteiger partial charge in [-0.05, 0) is 25.5 Å². The predicted octanol–water partition coefficient (Wildman–Crippen LogP) is 3.31. The summed E-state index contributed by atoms with van der Waals surface area (Å²) in [5.41, 5.74) is 2.14. The van der Waals surface area contributed by atoms with Crippen molar-refractivity contribution in [1.29, 1.82) is 0 Å². The van der Waals surface area contributed by atoms with Gasteiger partial charge in [0.05, 0.1) is 29.7 Å². The molecule has 2 aromatic carbocycles. The van der Waals surface area contributed by atoms with Gasteiger partial charge in [-0.25, -0.2) is 4.98 Å². The van der Waals surface area contributed by atoms with Gasteiger partial charge in [-0.15, -0.1) is 0 Å². The fraction of sp³-hybridized carbons (Fsp3) is 0.273. The van der Waals surface area contributed by atoms with Crippen LogP contribution < -0.4 is 4.73 Å². The highest BCUT2D eigenvalue weighted by atomic mass is 16.5. The van der Waals surface area contributed by atoms with Crippen LogP contribution in [0.5, 0.6) is 0 Å². The molecule has 0 unspecified atom stereocenters. The summed E-state index contributed by atoms with van der Waals surface area (Å²) in [6.45, 7) is 4.61. The van der Waals surface area contributed by atoms with E-state index in [1.54, 1.807) is 19.9 Å². The molecule has 0 saturated carbocycles. The molecule has 6 heteroatoms. The molecule has 2 heterocycles. The van der Waals surface area contributed by atoms with Gasteiger partial charge >= 0.3 is 0 Å². The second-order valence-electron chi connectivity index (χ2n) is 7.61. The van der Waals surface area contributed by atoms with E-state index in [-0.39, 0.29) is 6.61 Å². The lowest BCUT2D eigenvalue weighted by Crippen LogP contribution is -2.28. The molecule has 6 nitrogen and oxygen atoms in total. The van der Waals surface area contributed by atoms with Crippen LogP contribution in [0.25, 0.3) is 21.9 Å². The summed E-state index contributed by atoms with van der Waals surface area (Å²) in [4.78, 5) is 4.65. The normalized spacial score (nSPS) is 12.1. The molecule has 0 atom stereocenters. The standard InChI is InChI=1S/C22H23N3O3/c1-22(2,26)15-24-20(14-28-13-16-8-4-3-5-9-16)23-18-12-25(27)19-11-7-6-10-17(19)21(18)24/h3-12,26H,13-15H2,1-2H3. The summed E-state index contributed by atoms with van der Waals surface area (Å²) in [5.74, 6) is 0.685. The van der Waals surface area contributed by atoms with Gasteiger partial charge in [0.2, 0.25) is 11.7 Å². The minimum absolute atomic E-state index is 0.285. The van der Waals surface area contributed by atoms with E-state index >= 15 is 0 Å². The molecule has 0 aliphatic carbocycles. The Labute approximate surface area is 163 Å². The summed E-state index contributed by atoms with van der Waals surface area (Å²) in [7, 11) is 0. The fourth-order valence-electron chi connectivity index (χ4n) is 3.44. The first-order chi connectivity index (χ1) is 13.4. The van der Waals surface area contributed by atoms with Crippen LogP contribution in [-0.2, 0) is 24.5 Å². The number of benzene rings is 2. The molecule has 144 valence electrons. The van der Waals surface area contributed by atoms with Gasteiger partial charge < -0.3 is 19.6 Å². The molecule has 4 rings (SSSR count). The number of aliphatic hydroxyl groups is 1. The first-order valence-electron chi connectivity index (χ1n) is 9.26. The second-order valence-corrected chi connectivity index (χ2v) is 7.61. The van der Waals surface area contributed by atoms with Crippen LogP contribution in [-0.4, -0.2) is 20.3 Å². The number of nitrogens with zero attached hydrogens (tertiary/aromatic N) is 3. The van der Waals surface area contributed by atoms with E-state index in [1.807, 2.05) is 53.1 Å². The molecule has 0 aliphatic rings. The minimum atomic E-state index is -0.938. The highest BCUT2D eigenvalue weighted by Gasteiger charge is 2.23. The third kappa shape index (κ3) is 3.69. The summed E-state index contributed by atoms with van der Waals surface area (Å²) in [6.07, 6.45) is 1.49. The third-order valence-corrected chi connectivity index (χ3v) is 4.60. The molecule has 2 aromatic heterocycles. The first kappa shape index (κ1) is 18.4. The van der Waals surface area contributed by atoms with Gasteiger partial charge in [-0.1, -0.05) is 42.5 Å². The van der Waals surface area contributed by atoms with Crippen molar-refractivity contribution in [2.45, 2.75) is 39.2 Å². The molecule has 0 aliphatic heterocycles. The Morgan fingerprint density at radius 1 is 1.07 bits per heavy atom. The van der Waals surface area contributed by atoms with Crippen LogP contribution in [0.4, 0.5) is 0 Å². The summed E-state index contributed by atoms with van der Waals surface area (Å²) >= 11 is 0. The largest absolute Gasteiger partial charge is 0.618 e. The van der Waals surface area contributed by atoms with Crippen molar-refractivity contribution in [2.75, 3.05) is 0 Å². The zero-order valence-electron chi connectivity index (χ0n) is 16.0. The number of fused-ring (bicyclic) bond motifs is 3. The van der Waals surface area contributed by atoms with Crippen LogP contribution in [0.3, 0.4) is 0 Å². The fourth-order valence-corrected chi connectivity index (χ4v) is 3.44. The van der Waals surface area contributed by atoms with Gasteiger partial charge in [0.25, 0.3) is 0 Å². The highest BCUT2D eigenvalue weighted by Crippen LogP contribution is 2.26. The van der Waals surface area contributed by atoms with Crippen molar-refractivity contribution in [2.24, 2.45) is 0 Å². The lowest BCUT2D eigenvalue weighted by atomic mass is 10.1. The van der Waals surface area contributed by atoms with Gasteiger partial charge in [0.1, 0.15) is 12.4 Å². The van der Waals surface area contributed by atoms with E-state index in [4.69, 9.17) is 4.74 Å². The lowest BCUT2D eigenvalue weighted by molar-refractivity contribution is -0.575. The van der Waals surface area contributed by atoms with Crippen molar-refractivity contribution in [3.63, 3.8) is 0 Å². The minimum Gasteiger partial charge on any atom is -0.618 e. The van der Waals surface area contributed by atoms with Crippen molar-refractivity contribution in [1.82, 2.24) is 9.55 Å². The molecule has 0 radical (unpaired) electrons. The summed E-state index contributed by atoms with van der Waals surface area (Å²) < 4.78 is 8.68. The smallest absolute Gasteiger partial charge is 0.226 e. The summed E-state index contributed by atoms with van der Waals surface area (Å²) in [6, 6.07) is 17.4. The number of imidazole rings is 1. The van der Waals surface area contributed by atoms with Gasteiger partial charge in [0.15, 0.2) is 5.52 Å². The quantitative estimate of drug-likeness (QED) is 0.413. The van der Waals surface area contributed by atoms with Crippen LogP contribution in [0.1, 0.15) is 25.2 Å². The molecular weight excluding hydrogens is 354 g/mol. The predicted molar refractivity (Wildman–Crippen MR) is 107 cm³/mol. The van der Waals surface area contributed by atoms with Crippen molar-refractivity contribution < 1.29 is 14.6 Å². The zero-order chi connectivity index (χ0) is 19.7. The Kier molecular flexibility index (Phi) is 4.75. The Morgan fingerprint density at radius 3 is 2.54 bits per heavy atom. The molecule has 0 saturated heterocycles. The molecule has 0 amide bonds.